The molecule has 4 rings (SSSR count). The van der Waals surface area contributed by atoms with Gasteiger partial charge in [-0.1, -0.05) is 42.5 Å². The Balaban J connectivity index is 1.29. The van der Waals surface area contributed by atoms with Gasteiger partial charge in [0, 0.05) is 31.5 Å². The molecule has 1 fully saturated rings. The number of nitrogens with one attached hydrogen (secondary N) is 1. The molecule has 1 atom stereocenters. The van der Waals surface area contributed by atoms with E-state index >= 15 is 0 Å². The summed E-state index contributed by atoms with van der Waals surface area (Å²) in [5, 5.41) is 7.48. The predicted molar refractivity (Wildman–Crippen MR) is 117 cm³/mol. The van der Waals surface area contributed by atoms with Crippen LogP contribution in [0.3, 0.4) is 0 Å². The van der Waals surface area contributed by atoms with Gasteiger partial charge in [0.2, 0.25) is 11.8 Å². The molecule has 0 radical (unpaired) electrons. The van der Waals surface area contributed by atoms with Crippen LogP contribution in [0.25, 0.3) is 0 Å². The first-order valence-corrected chi connectivity index (χ1v) is 11.0. The van der Waals surface area contributed by atoms with Gasteiger partial charge in [0.1, 0.15) is 5.82 Å². The fourth-order valence-corrected chi connectivity index (χ4v) is 4.42. The summed E-state index contributed by atoms with van der Waals surface area (Å²) in [7, 11) is 0. The summed E-state index contributed by atoms with van der Waals surface area (Å²) >= 11 is 0. The smallest absolute Gasteiger partial charge is 0.226 e. The minimum Gasteiger partial charge on any atom is -0.342 e. The number of aromatic nitrogens is 2. The molecule has 158 valence electrons. The van der Waals surface area contributed by atoms with Crippen molar-refractivity contribution in [2.45, 2.75) is 51.0 Å². The molecule has 1 aromatic heterocycles. The molecule has 0 spiro atoms. The van der Waals surface area contributed by atoms with Gasteiger partial charge < -0.3 is 10.2 Å². The third-order valence-corrected chi connectivity index (χ3v) is 6.16. The normalized spacial score (nSPS) is 19.6. The SMILES string of the molecule is O=C(CCc1ccccc1)Nc1ccnn1C1CCN(C(=O)C2CC=CCC2)CC1. The van der Waals surface area contributed by atoms with Gasteiger partial charge in [-0.15, -0.1) is 0 Å². The van der Waals surface area contributed by atoms with Crippen molar-refractivity contribution in [3.05, 3.63) is 60.3 Å². The lowest BCUT2D eigenvalue weighted by Crippen LogP contribution is -2.42. The van der Waals surface area contributed by atoms with Crippen LogP contribution in [0.5, 0.6) is 0 Å². The summed E-state index contributed by atoms with van der Waals surface area (Å²) in [5.74, 6) is 1.19. The van der Waals surface area contributed by atoms with Crippen molar-refractivity contribution in [1.82, 2.24) is 14.7 Å². The third-order valence-electron chi connectivity index (χ3n) is 6.16. The molecular weight excluding hydrogens is 376 g/mol. The molecule has 6 nitrogen and oxygen atoms in total. The molecule has 1 aromatic carbocycles. The molecule has 2 heterocycles. The van der Waals surface area contributed by atoms with Crippen LogP contribution in [0.2, 0.25) is 0 Å². The fourth-order valence-electron chi connectivity index (χ4n) is 4.42. The van der Waals surface area contributed by atoms with E-state index in [-0.39, 0.29) is 17.9 Å². The summed E-state index contributed by atoms with van der Waals surface area (Å²) in [5.41, 5.74) is 1.16. The summed E-state index contributed by atoms with van der Waals surface area (Å²) < 4.78 is 1.92. The highest BCUT2D eigenvalue weighted by atomic mass is 16.2. The predicted octanol–water partition coefficient (Wildman–Crippen LogP) is 3.97. The number of nitrogens with zero attached hydrogens (tertiary/aromatic N) is 3. The van der Waals surface area contributed by atoms with Crippen LogP contribution >= 0.6 is 0 Å². The molecule has 1 aliphatic heterocycles. The highest BCUT2D eigenvalue weighted by molar-refractivity contribution is 5.90. The summed E-state index contributed by atoms with van der Waals surface area (Å²) in [6.45, 7) is 1.51. The van der Waals surface area contributed by atoms with Crippen molar-refractivity contribution >= 4 is 17.6 Å². The standard InChI is InChI=1S/C24H30N4O2/c29-23(12-11-19-7-3-1-4-8-19)26-22-13-16-25-28(22)21-14-17-27(18-15-21)24(30)20-9-5-2-6-10-20/h1-5,7-8,13,16,20-21H,6,9-12,14-15,17-18H2,(H,26,29). The van der Waals surface area contributed by atoms with Crippen molar-refractivity contribution in [1.29, 1.82) is 0 Å². The van der Waals surface area contributed by atoms with Crippen LogP contribution in [-0.2, 0) is 16.0 Å². The number of piperidine rings is 1. The van der Waals surface area contributed by atoms with E-state index in [2.05, 4.69) is 22.6 Å². The quantitative estimate of drug-likeness (QED) is 0.738. The Kier molecular flexibility index (Phi) is 6.62. The molecule has 1 unspecified atom stereocenters. The number of likely N-dealkylation sites (tertiary alicyclic amines) is 1. The van der Waals surface area contributed by atoms with Gasteiger partial charge in [-0.05, 0) is 44.1 Å². The van der Waals surface area contributed by atoms with Gasteiger partial charge >= 0.3 is 0 Å². The van der Waals surface area contributed by atoms with Gasteiger partial charge in [-0.2, -0.15) is 5.10 Å². The Labute approximate surface area is 178 Å². The van der Waals surface area contributed by atoms with Gasteiger partial charge in [0.15, 0.2) is 0 Å². The molecule has 1 aliphatic carbocycles. The molecule has 2 amide bonds. The number of amides is 2. The Morgan fingerprint density at radius 2 is 1.83 bits per heavy atom. The van der Waals surface area contributed by atoms with E-state index < -0.39 is 0 Å². The zero-order valence-corrected chi connectivity index (χ0v) is 17.4. The van der Waals surface area contributed by atoms with Crippen LogP contribution in [0.4, 0.5) is 5.82 Å². The highest BCUT2D eigenvalue weighted by Crippen LogP contribution is 2.28. The Morgan fingerprint density at radius 3 is 2.57 bits per heavy atom. The van der Waals surface area contributed by atoms with Crippen molar-refractivity contribution in [2.75, 3.05) is 18.4 Å². The lowest BCUT2D eigenvalue weighted by molar-refractivity contribution is -0.137. The van der Waals surface area contributed by atoms with Crippen LogP contribution < -0.4 is 5.32 Å². The van der Waals surface area contributed by atoms with E-state index in [1.54, 1.807) is 6.20 Å². The van der Waals surface area contributed by atoms with Gasteiger partial charge in [-0.3, -0.25) is 9.59 Å². The maximum Gasteiger partial charge on any atom is 0.226 e. The minimum absolute atomic E-state index is 0.00132. The molecule has 6 heteroatoms. The Hall–Kier alpha value is -2.89. The van der Waals surface area contributed by atoms with Crippen molar-refractivity contribution in [2.24, 2.45) is 5.92 Å². The van der Waals surface area contributed by atoms with E-state index in [9.17, 15) is 9.59 Å². The zero-order chi connectivity index (χ0) is 20.8. The lowest BCUT2D eigenvalue weighted by atomic mass is 9.92. The molecular formula is C24H30N4O2. The monoisotopic (exact) mass is 406 g/mol. The summed E-state index contributed by atoms with van der Waals surface area (Å²) in [6, 6.07) is 12.1. The number of aryl methyl sites for hydroxylation is 1. The number of rotatable bonds is 6. The molecule has 2 aliphatic rings. The highest BCUT2D eigenvalue weighted by Gasteiger charge is 2.29. The van der Waals surface area contributed by atoms with Gasteiger partial charge in [-0.25, -0.2) is 4.68 Å². The van der Waals surface area contributed by atoms with Crippen LogP contribution in [-0.4, -0.2) is 39.6 Å². The number of hydrogen-bond donors (Lipinski definition) is 1. The van der Waals surface area contributed by atoms with E-state index in [4.69, 9.17) is 0 Å². The van der Waals surface area contributed by atoms with Crippen molar-refractivity contribution in [3.63, 3.8) is 0 Å². The third kappa shape index (κ3) is 4.99. The first kappa shape index (κ1) is 20.4. The second kappa shape index (κ2) is 9.74. The Bertz CT molecular complexity index is 882. The summed E-state index contributed by atoms with van der Waals surface area (Å²) in [4.78, 5) is 27.2. The second-order valence-corrected chi connectivity index (χ2v) is 8.23. The average molecular weight is 407 g/mol. The fraction of sp³-hybridized carbons (Fsp3) is 0.458. The average Bonchev–Trinajstić information content (AvgIpc) is 3.26. The maximum atomic E-state index is 12.8. The van der Waals surface area contributed by atoms with E-state index in [1.807, 2.05) is 46.0 Å². The van der Waals surface area contributed by atoms with Gasteiger partial charge in [0.05, 0.1) is 12.2 Å². The van der Waals surface area contributed by atoms with E-state index in [1.165, 1.54) is 0 Å². The van der Waals surface area contributed by atoms with Crippen molar-refractivity contribution in [3.8, 4) is 0 Å². The second-order valence-electron chi connectivity index (χ2n) is 8.23. The van der Waals surface area contributed by atoms with Crippen LogP contribution in [0.1, 0.15) is 50.1 Å². The van der Waals surface area contributed by atoms with Gasteiger partial charge in [0.25, 0.3) is 0 Å². The number of hydrogen-bond acceptors (Lipinski definition) is 3. The number of allylic oxidation sites excluding steroid dienone is 2. The molecule has 1 saturated heterocycles. The van der Waals surface area contributed by atoms with Crippen molar-refractivity contribution < 1.29 is 9.59 Å². The largest absolute Gasteiger partial charge is 0.342 e. The first-order chi connectivity index (χ1) is 14.7. The molecule has 0 saturated carbocycles. The topological polar surface area (TPSA) is 67.2 Å². The molecule has 30 heavy (non-hydrogen) atoms. The number of benzene rings is 1. The van der Waals surface area contributed by atoms with Crippen LogP contribution in [0, 0.1) is 5.92 Å². The zero-order valence-electron chi connectivity index (χ0n) is 17.4. The minimum atomic E-state index is -0.00132. The maximum absolute atomic E-state index is 12.8. The molecule has 2 aromatic rings. The molecule has 0 bridgehead atoms. The first-order valence-electron chi connectivity index (χ1n) is 11.0. The lowest BCUT2D eigenvalue weighted by Gasteiger charge is -2.35. The summed E-state index contributed by atoms with van der Waals surface area (Å²) in [6.07, 6.45) is 11.8. The number of carbonyl (C=O) groups excluding carboxylic acids is 2. The Morgan fingerprint density at radius 1 is 1.03 bits per heavy atom. The van der Waals surface area contributed by atoms with Crippen LogP contribution in [0.15, 0.2) is 54.7 Å². The molecule has 1 N–H and O–H groups in total. The number of carbonyl (C=O) groups is 2. The van der Waals surface area contributed by atoms with E-state index in [0.717, 1.165) is 63.0 Å². The van der Waals surface area contributed by atoms with E-state index in [0.29, 0.717) is 12.3 Å². The number of anilines is 1.